The van der Waals surface area contributed by atoms with Crippen LogP contribution >= 0.6 is 0 Å². The normalized spacial score (nSPS) is 10.3. The van der Waals surface area contributed by atoms with Crippen molar-refractivity contribution in [1.29, 1.82) is 0 Å². The predicted molar refractivity (Wildman–Crippen MR) is 102 cm³/mol. The number of nitrogens with two attached hydrogens (primary N) is 1. The van der Waals surface area contributed by atoms with Crippen LogP contribution in [0.2, 0.25) is 0 Å². The van der Waals surface area contributed by atoms with Crippen LogP contribution in [0.1, 0.15) is 37.7 Å². The number of hydrogen-bond donors (Lipinski definition) is 2. The minimum absolute atomic E-state index is 0.256. The molecule has 3 N–H and O–H groups in total. The molecule has 7 nitrogen and oxygen atoms in total. The van der Waals surface area contributed by atoms with Gasteiger partial charge in [0, 0.05) is 30.0 Å². The number of primary amides is 1. The minimum atomic E-state index is -0.621. The molecular formula is C20H23N3O4. The number of Topliss-reactive ketones (excluding diaryl/α,β-unsaturated/α-hetero) is 1. The zero-order valence-electron chi connectivity index (χ0n) is 15.5. The number of allylic oxidation sites excluding steroid dienone is 1. The van der Waals surface area contributed by atoms with Crippen LogP contribution in [0.25, 0.3) is 0 Å². The number of aromatic nitrogens is 1. The number of esters is 1. The third-order valence-electron chi connectivity index (χ3n) is 4.18. The number of carbonyl (C=O) groups excluding carboxylic acids is 3. The lowest BCUT2D eigenvalue weighted by Crippen LogP contribution is -2.28. The predicted octanol–water partition coefficient (Wildman–Crippen LogP) is 2.50. The Balaban J connectivity index is 1.97. The number of amides is 2. The highest BCUT2D eigenvalue weighted by atomic mass is 16.5. The molecule has 0 fully saturated rings. The fraction of sp³-hybridized carbons (Fsp3) is 0.250. The maximum Gasteiger partial charge on any atom is 0.338 e. The van der Waals surface area contributed by atoms with Gasteiger partial charge < -0.3 is 20.4 Å². The lowest BCUT2D eigenvalue weighted by Gasteiger charge is -2.07. The Labute approximate surface area is 157 Å². The van der Waals surface area contributed by atoms with Gasteiger partial charge in [-0.2, -0.15) is 0 Å². The fourth-order valence-corrected chi connectivity index (χ4v) is 2.73. The van der Waals surface area contributed by atoms with E-state index in [1.54, 1.807) is 36.4 Å². The first-order valence-corrected chi connectivity index (χ1v) is 8.43. The average molecular weight is 369 g/mol. The van der Waals surface area contributed by atoms with Crippen molar-refractivity contribution in [3.63, 3.8) is 0 Å². The number of hydrogen-bond acceptors (Lipinski definition) is 4. The molecule has 0 aliphatic rings. The van der Waals surface area contributed by atoms with Gasteiger partial charge in [0.15, 0.2) is 6.61 Å². The van der Waals surface area contributed by atoms with E-state index >= 15 is 0 Å². The average Bonchev–Trinajstić information content (AvgIpc) is 2.93. The molecule has 0 unspecified atom stereocenters. The Bertz CT molecular complexity index is 866. The van der Waals surface area contributed by atoms with E-state index in [-0.39, 0.29) is 18.9 Å². The number of urea groups is 1. The second-order valence-corrected chi connectivity index (χ2v) is 6.10. The highest BCUT2D eigenvalue weighted by Crippen LogP contribution is 2.16. The fourth-order valence-electron chi connectivity index (χ4n) is 2.73. The van der Waals surface area contributed by atoms with E-state index in [0.29, 0.717) is 17.7 Å². The molecule has 0 radical (unpaired) electrons. The van der Waals surface area contributed by atoms with E-state index in [9.17, 15) is 14.4 Å². The van der Waals surface area contributed by atoms with Crippen molar-refractivity contribution in [3.05, 3.63) is 71.1 Å². The summed E-state index contributed by atoms with van der Waals surface area (Å²) in [5, 5.41) is 2.46. The van der Waals surface area contributed by atoms with Gasteiger partial charge in [-0.3, -0.25) is 4.79 Å². The lowest BCUT2D eigenvalue weighted by molar-refractivity contribution is 0.0474. The molecule has 1 heterocycles. The largest absolute Gasteiger partial charge is 0.454 e. The van der Waals surface area contributed by atoms with Gasteiger partial charge in [0.1, 0.15) is 0 Å². The van der Waals surface area contributed by atoms with Crippen molar-refractivity contribution in [1.82, 2.24) is 9.88 Å². The number of nitrogens with zero attached hydrogens (tertiary/aromatic N) is 1. The molecule has 0 atom stereocenters. The summed E-state index contributed by atoms with van der Waals surface area (Å²) >= 11 is 0. The first-order valence-electron chi connectivity index (χ1n) is 8.43. The minimum Gasteiger partial charge on any atom is -0.454 e. The molecule has 7 heteroatoms. The van der Waals surface area contributed by atoms with Crippen LogP contribution in [0.3, 0.4) is 0 Å². The number of benzene rings is 1. The highest BCUT2D eigenvalue weighted by molar-refractivity contribution is 6.00. The lowest BCUT2D eigenvalue weighted by atomic mass is 10.1. The van der Waals surface area contributed by atoms with Gasteiger partial charge in [0.2, 0.25) is 5.78 Å². The monoisotopic (exact) mass is 369 g/mol. The first-order chi connectivity index (χ1) is 12.8. The zero-order chi connectivity index (χ0) is 20.0. The van der Waals surface area contributed by atoms with E-state index in [0.717, 1.165) is 17.0 Å². The van der Waals surface area contributed by atoms with E-state index in [2.05, 4.69) is 11.9 Å². The summed E-state index contributed by atoms with van der Waals surface area (Å²) in [5.74, 6) is -0.841. The Morgan fingerprint density at radius 2 is 1.89 bits per heavy atom. The van der Waals surface area contributed by atoms with Crippen LogP contribution < -0.4 is 11.1 Å². The van der Waals surface area contributed by atoms with E-state index in [4.69, 9.17) is 10.5 Å². The Kier molecular flexibility index (Phi) is 6.54. The van der Waals surface area contributed by atoms with Gasteiger partial charge >= 0.3 is 12.0 Å². The van der Waals surface area contributed by atoms with Crippen LogP contribution in [0.4, 0.5) is 4.79 Å². The number of nitrogens with one attached hydrogen (secondary N) is 1. The van der Waals surface area contributed by atoms with E-state index in [1.165, 1.54) is 0 Å². The van der Waals surface area contributed by atoms with Crippen LogP contribution in [0.15, 0.2) is 43.0 Å². The standard InChI is InChI=1S/C20H23N3O4/c1-4-9-23-13(2)10-17(14(23)3)18(24)12-27-19(25)16-7-5-15(6-8-16)11-22-20(21)26/h4-8,10H,1,9,11-12H2,2-3H3,(H3,21,22,26). The van der Waals surface area contributed by atoms with Crippen molar-refractivity contribution >= 4 is 17.8 Å². The molecule has 2 rings (SSSR count). The molecule has 0 spiro atoms. The summed E-state index contributed by atoms with van der Waals surface area (Å²) < 4.78 is 7.11. The smallest absolute Gasteiger partial charge is 0.338 e. The number of ether oxygens (including phenoxy) is 1. The molecule has 2 aromatic rings. The van der Waals surface area contributed by atoms with Crippen LogP contribution in [-0.4, -0.2) is 29.0 Å². The van der Waals surface area contributed by atoms with Crippen LogP contribution in [0, 0.1) is 13.8 Å². The summed E-state index contributed by atoms with van der Waals surface area (Å²) in [4.78, 5) is 35.2. The second-order valence-electron chi connectivity index (χ2n) is 6.10. The molecule has 0 aliphatic carbocycles. The number of rotatable bonds is 8. The van der Waals surface area contributed by atoms with Crippen molar-refractivity contribution in [3.8, 4) is 0 Å². The van der Waals surface area contributed by atoms with E-state index in [1.807, 2.05) is 18.4 Å². The first kappa shape index (κ1) is 20.0. The third kappa shape index (κ3) is 5.07. The number of aryl methyl sites for hydroxylation is 1. The summed E-state index contributed by atoms with van der Waals surface area (Å²) in [6.45, 7) is 8.02. The molecular weight excluding hydrogens is 346 g/mol. The summed E-state index contributed by atoms with van der Waals surface area (Å²) in [5.41, 5.74) is 8.42. The molecule has 1 aromatic heterocycles. The summed E-state index contributed by atoms with van der Waals surface area (Å²) in [7, 11) is 0. The van der Waals surface area contributed by atoms with Crippen LogP contribution in [-0.2, 0) is 17.8 Å². The maximum absolute atomic E-state index is 12.4. The Morgan fingerprint density at radius 3 is 2.48 bits per heavy atom. The Hall–Kier alpha value is -3.35. The molecule has 0 aliphatic heterocycles. The van der Waals surface area contributed by atoms with Gasteiger partial charge in [-0.05, 0) is 37.6 Å². The molecule has 1 aromatic carbocycles. The molecule has 142 valence electrons. The molecule has 0 bridgehead atoms. The quantitative estimate of drug-likeness (QED) is 0.424. The zero-order valence-corrected chi connectivity index (χ0v) is 15.5. The van der Waals surface area contributed by atoms with Crippen molar-refractivity contribution < 1.29 is 19.1 Å². The van der Waals surface area contributed by atoms with Gasteiger partial charge in [0.05, 0.1) is 5.56 Å². The van der Waals surface area contributed by atoms with Gasteiger partial charge in [-0.15, -0.1) is 6.58 Å². The van der Waals surface area contributed by atoms with Crippen LogP contribution in [0.5, 0.6) is 0 Å². The van der Waals surface area contributed by atoms with Gasteiger partial charge in [-0.1, -0.05) is 18.2 Å². The van der Waals surface area contributed by atoms with Gasteiger partial charge in [-0.25, -0.2) is 9.59 Å². The molecule has 27 heavy (non-hydrogen) atoms. The molecule has 2 amide bonds. The van der Waals surface area contributed by atoms with Crippen molar-refractivity contribution in [2.45, 2.75) is 26.9 Å². The Morgan fingerprint density at radius 1 is 1.22 bits per heavy atom. The number of carbonyl (C=O) groups is 3. The maximum atomic E-state index is 12.4. The SMILES string of the molecule is C=CCn1c(C)cc(C(=O)COC(=O)c2ccc(CNC(N)=O)cc2)c1C. The number of ketones is 1. The van der Waals surface area contributed by atoms with Crippen molar-refractivity contribution in [2.75, 3.05) is 6.61 Å². The highest BCUT2D eigenvalue weighted by Gasteiger charge is 2.17. The summed E-state index contributed by atoms with van der Waals surface area (Å²) in [6, 6.07) is 7.66. The second kappa shape index (κ2) is 8.84. The summed E-state index contributed by atoms with van der Waals surface area (Å²) in [6.07, 6.45) is 1.76. The van der Waals surface area contributed by atoms with Gasteiger partial charge in [0.25, 0.3) is 0 Å². The molecule has 0 saturated carbocycles. The topological polar surface area (TPSA) is 103 Å². The third-order valence-corrected chi connectivity index (χ3v) is 4.18. The van der Waals surface area contributed by atoms with E-state index < -0.39 is 12.0 Å². The van der Waals surface area contributed by atoms with Crippen molar-refractivity contribution in [2.24, 2.45) is 5.73 Å². The molecule has 0 saturated heterocycles.